The summed E-state index contributed by atoms with van der Waals surface area (Å²) in [5.74, 6) is 0. The average molecular weight is 218 g/mol. The average Bonchev–Trinajstić information content (AvgIpc) is 2.69. The van der Waals surface area contributed by atoms with E-state index in [1.54, 1.807) is 0 Å². The topological polar surface area (TPSA) is 39.3 Å². The van der Waals surface area contributed by atoms with Crippen molar-refractivity contribution in [2.75, 3.05) is 20.6 Å². The van der Waals surface area contributed by atoms with Crippen molar-refractivity contribution in [2.45, 2.75) is 12.5 Å². The van der Waals surface area contributed by atoms with Crippen LogP contribution in [0.3, 0.4) is 0 Å². The van der Waals surface area contributed by atoms with E-state index < -0.39 is 6.10 Å². The summed E-state index contributed by atoms with van der Waals surface area (Å²) in [6.45, 7) is 0.890. The first-order valence-electron chi connectivity index (χ1n) is 5.57. The second-order valence-corrected chi connectivity index (χ2v) is 4.40. The third-order valence-corrected chi connectivity index (χ3v) is 2.83. The summed E-state index contributed by atoms with van der Waals surface area (Å²) in [7, 11) is 4.03. The van der Waals surface area contributed by atoms with Gasteiger partial charge in [0.1, 0.15) is 0 Å². The summed E-state index contributed by atoms with van der Waals surface area (Å²) in [6, 6.07) is 8.06. The molecule has 0 bridgehead atoms. The molecule has 0 amide bonds. The lowest BCUT2D eigenvalue weighted by Crippen LogP contribution is -2.15. The molecule has 1 aromatic carbocycles. The number of nitrogens with one attached hydrogen (secondary N) is 1. The zero-order valence-corrected chi connectivity index (χ0v) is 9.77. The van der Waals surface area contributed by atoms with Gasteiger partial charge in [0.15, 0.2) is 0 Å². The Balaban J connectivity index is 2.19. The molecule has 86 valence electrons. The van der Waals surface area contributed by atoms with Gasteiger partial charge in [-0.1, -0.05) is 18.2 Å². The van der Waals surface area contributed by atoms with Crippen molar-refractivity contribution in [3.8, 4) is 0 Å². The summed E-state index contributed by atoms with van der Waals surface area (Å²) in [5.41, 5.74) is 2.08. The number of aliphatic hydroxyl groups excluding tert-OH is 1. The molecule has 0 aliphatic heterocycles. The summed E-state index contributed by atoms with van der Waals surface area (Å²) in [4.78, 5) is 5.26. The molecule has 1 aromatic heterocycles. The van der Waals surface area contributed by atoms with Crippen molar-refractivity contribution in [1.29, 1.82) is 0 Å². The molecular weight excluding hydrogens is 200 g/mol. The largest absolute Gasteiger partial charge is 0.388 e. The Morgan fingerprint density at radius 2 is 2.06 bits per heavy atom. The highest BCUT2D eigenvalue weighted by atomic mass is 16.3. The van der Waals surface area contributed by atoms with Gasteiger partial charge in [-0.25, -0.2) is 0 Å². The molecule has 16 heavy (non-hydrogen) atoms. The van der Waals surface area contributed by atoms with E-state index in [1.807, 2.05) is 44.6 Å². The lowest BCUT2D eigenvalue weighted by molar-refractivity contribution is 0.155. The maximum Gasteiger partial charge on any atom is 0.0822 e. The molecule has 1 heterocycles. The van der Waals surface area contributed by atoms with Crippen molar-refractivity contribution >= 4 is 10.9 Å². The number of fused-ring (bicyclic) bond motifs is 1. The smallest absolute Gasteiger partial charge is 0.0822 e. The number of aromatic amines is 1. The number of aromatic nitrogens is 1. The second-order valence-electron chi connectivity index (χ2n) is 4.40. The lowest BCUT2D eigenvalue weighted by Gasteiger charge is -2.13. The fourth-order valence-corrected chi connectivity index (χ4v) is 1.91. The molecule has 0 aliphatic carbocycles. The number of hydrogen-bond acceptors (Lipinski definition) is 2. The number of nitrogens with zero attached hydrogens (tertiary/aromatic N) is 1. The Morgan fingerprint density at radius 3 is 2.81 bits per heavy atom. The maximum atomic E-state index is 10.1. The van der Waals surface area contributed by atoms with E-state index >= 15 is 0 Å². The summed E-state index contributed by atoms with van der Waals surface area (Å²) in [5, 5.41) is 11.2. The molecule has 1 atom stereocenters. The first-order chi connectivity index (χ1) is 7.68. The van der Waals surface area contributed by atoms with Crippen molar-refractivity contribution in [1.82, 2.24) is 9.88 Å². The highest BCUT2D eigenvalue weighted by Gasteiger charge is 2.12. The number of H-pyrrole nitrogens is 1. The molecule has 0 unspecified atom stereocenters. The van der Waals surface area contributed by atoms with Crippen LogP contribution in [0.15, 0.2) is 30.5 Å². The van der Waals surface area contributed by atoms with Gasteiger partial charge in [0.25, 0.3) is 0 Å². The molecule has 2 aromatic rings. The minimum atomic E-state index is -0.390. The molecule has 0 saturated heterocycles. The van der Waals surface area contributed by atoms with Crippen LogP contribution in [0, 0.1) is 0 Å². The quantitative estimate of drug-likeness (QED) is 0.825. The van der Waals surface area contributed by atoms with E-state index in [2.05, 4.69) is 9.88 Å². The molecule has 3 heteroatoms. The van der Waals surface area contributed by atoms with Gasteiger partial charge in [0.2, 0.25) is 0 Å². The molecular formula is C13H18N2O. The molecule has 0 saturated carbocycles. The minimum absolute atomic E-state index is 0.390. The lowest BCUT2D eigenvalue weighted by atomic mass is 10.1. The van der Waals surface area contributed by atoms with Crippen LogP contribution in [0.5, 0.6) is 0 Å². The molecule has 0 fully saturated rings. The van der Waals surface area contributed by atoms with Gasteiger partial charge in [-0.2, -0.15) is 0 Å². The molecule has 3 nitrogen and oxygen atoms in total. The van der Waals surface area contributed by atoms with Gasteiger partial charge in [-0.15, -0.1) is 0 Å². The van der Waals surface area contributed by atoms with Crippen LogP contribution >= 0.6 is 0 Å². The Morgan fingerprint density at radius 1 is 1.31 bits per heavy atom. The third kappa shape index (κ3) is 2.26. The third-order valence-electron chi connectivity index (χ3n) is 2.83. The van der Waals surface area contributed by atoms with E-state index in [0.29, 0.717) is 0 Å². The SMILES string of the molecule is CN(C)CC[C@H](O)c1c[nH]c2ccccc12. The van der Waals surface area contributed by atoms with Gasteiger partial charge in [0, 0.05) is 29.2 Å². The van der Waals surface area contributed by atoms with Crippen LogP contribution in [0.4, 0.5) is 0 Å². The van der Waals surface area contributed by atoms with Crippen LogP contribution in [0.1, 0.15) is 18.1 Å². The van der Waals surface area contributed by atoms with Crippen LogP contribution in [0.2, 0.25) is 0 Å². The van der Waals surface area contributed by atoms with Crippen LogP contribution in [-0.4, -0.2) is 35.6 Å². The van der Waals surface area contributed by atoms with Crippen molar-refractivity contribution < 1.29 is 5.11 Å². The van der Waals surface area contributed by atoms with Crippen LogP contribution in [0.25, 0.3) is 10.9 Å². The molecule has 0 aliphatic rings. The van der Waals surface area contributed by atoms with Crippen molar-refractivity contribution in [3.63, 3.8) is 0 Å². The normalized spacial score (nSPS) is 13.5. The minimum Gasteiger partial charge on any atom is -0.388 e. The van der Waals surface area contributed by atoms with Crippen molar-refractivity contribution in [3.05, 3.63) is 36.0 Å². The Labute approximate surface area is 95.7 Å². The zero-order chi connectivity index (χ0) is 11.5. The summed E-state index contributed by atoms with van der Waals surface area (Å²) < 4.78 is 0. The number of hydrogen-bond donors (Lipinski definition) is 2. The Bertz CT molecular complexity index is 462. The fourth-order valence-electron chi connectivity index (χ4n) is 1.91. The van der Waals surface area contributed by atoms with Gasteiger partial charge < -0.3 is 15.0 Å². The Hall–Kier alpha value is -1.32. The molecule has 2 rings (SSSR count). The summed E-state index contributed by atoms with van der Waals surface area (Å²) >= 11 is 0. The zero-order valence-electron chi connectivity index (χ0n) is 9.77. The number of aliphatic hydroxyl groups is 1. The molecule has 2 N–H and O–H groups in total. The number of benzene rings is 1. The van der Waals surface area contributed by atoms with Crippen molar-refractivity contribution in [2.24, 2.45) is 0 Å². The highest BCUT2D eigenvalue weighted by Crippen LogP contribution is 2.25. The standard InChI is InChI=1S/C13H18N2O/c1-15(2)8-7-13(16)11-9-14-12-6-4-3-5-10(11)12/h3-6,9,13-14,16H,7-8H2,1-2H3/t13-/m0/s1. The highest BCUT2D eigenvalue weighted by molar-refractivity contribution is 5.83. The van der Waals surface area contributed by atoms with Crippen LogP contribution < -0.4 is 0 Å². The van der Waals surface area contributed by atoms with E-state index in [-0.39, 0.29) is 0 Å². The maximum absolute atomic E-state index is 10.1. The van der Waals surface area contributed by atoms with E-state index in [4.69, 9.17) is 0 Å². The predicted octanol–water partition coefficient (Wildman–Crippen LogP) is 2.15. The molecule has 0 spiro atoms. The Kier molecular flexibility index (Phi) is 3.27. The number of rotatable bonds is 4. The number of para-hydroxylation sites is 1. The molecule has 0 radical (unpaired) electrons. The van der Waals surface area contributed by atoms with Gasteiger partial charge in [0.05, 0.1) is 6.10 Å². The second kappa shape index (κ2) is 4.68. The van der Waals surface area contributed by atoms with Gasteiger partial charge in [-0.3, -0.25) is 0 Å². The first kappa shape index (κ1) is 11.2. The van der Waals surface area contributed by atoms with Crippen LogP contribution in [-0.2, 0) is 0 Å². The van der Waals surface area contributed by atoms with E-state index in [1.165, 1.54) is 0 Å². The fraction of sp³-hybridized carbons (Fsp3) is 0.385. The summed E-state index contributed by atoms with van der Waals surface area (Å²) in [6.07, 6.45) is 2.28. The monoisotopic (exact) mass is 218 g/mol. The van der Waals surface area contributed by atoms with Gasteiger partial charge in [-0.05, 0) is 26.6 Å². The van der Waals surface area contributed by atoms with E-state index in [9.17, 15) is 5.11 Å². The first-order valence-corrected chi connectivity index (χ1v) is 5.57. The van der Waals surface area contributed by atoms with E-state index in [0.717, 1.165) is 29.4 Å². The van der Waals surface area contributed by atoms with Gasteiger partial charge >= 0.3 is 0 Å². The predicted molar refractivity (Wildman–Crippen MR) is 66.4 cm³/mol.